The van der Waals surface area contributed by atoms with Crippen molar-refractivity contribution in [3.63, 3.8) is 0 Å². The lowest BCUT2D eigenvalue weighted by atomic mass is 9.96. The van der Waals surface area contributed by atoms with E-state index in [1.54, 1.807) is 4.90 Å². The number of piperidine rings is 1. The molecule has 0 radical (unpaired) electrons. The Labute approximate surface area is 132 Å². The zero-order valence-electron chi connectivity index (χ0n) is 14.0. The summed E-state index contributed by atoms with van der Waals surface area (Å²) in [6.07, 6.45) is 2.64. The number of aryl methyl sites for hydroxylation is 2. The molecule has 0 aliphatic carbocycles. The fourth-order valence-electron chi connectivity index (χ4n) is 3.03. The molecule has 1 atom stereocenters. The molecule has 0 unspecified atom stereocenters. The lowest BCUT2D eigenvalue weighted by Crippen LogP contribution is -2.45. The molecule has 122 valence electrons. The third kappa shape index (κ3) is 3.34. The Kier molecular flexibility index (Phi) is 5.27. The van der Waals surface area contributed by atoms with Crippen molar-refractivity contribution in [1.82, 2.24) is 10.2 Å². The molecular formula is C17H26N2O3. The molecule has 1 aliphatic heterocycles. The molecule has 1 aliphatic rings. The summed E-state index contributed by atoms with van der Waals surface area (Å²) in [6.45, 7) is 9.54. The maximum Gasteiger partial charge on any atom is 0.257 e. The van der Waals surface area contributed by atoms with Crippen LogP contribution in [0.15, 0.2) is 4.42 Å². The molecule has 0 aromatic carbocycles. The monoisotopic (exact) mass is 306 g/mol. The first-order chi connectivity index (χ1) is 10.5. The van der Waals surface area contributed by atoms with Gasteiger partial charge >= 0.3 is 0 Å². The maximum atomic E-state index is 12.8. The molecule has 2 rings (SSSR count). The number of hydrogen-bond donors (Lipinski definition) is 1. The quantitative estimate of drug-likeness (QED) is 0.930. The van der Waals surface area contributed by atoms with Crippen LogP contribution in [0.4, 0.5) is 0 Å². The first kappa shape index (κ1) is 16.6. The van der Waals surface area contributed by atoms with Crippen molar-refractivity contribution in [3.05, 3.63) is 22.6 Å². The van der Waals surface area contributed by atoms with Gasteiger partial charge in [-0.25, -0.2) is 0 Å². The molecule has 22 heavy (non-hydrogen) atoms. The Morgan fingerprint density at radius 2 is 2.00 bits per heavy atom. The molecule has 1 fully saturated rings. The van der Waals surface area contributed by atoms with Crippen LogP contribution in [0.2, 0.25) is 0 Å². The van der Waals surface area contributed by atoms with Crippen LogP contribution < -0.4 is 5.32 Å². The number of carbonyl (C=O) groups is 2. The number of rotatable bonds is 4. The second-order valence-electron chi connectivity index (χ2n) is 6.10. The normalized spacial score (nSPS) is 18.4. The minimum absolute atomic E-state index is 0.0140. The van der Waals surface area contributed by atoms with Gasteiger partial charge in [0.2, 0.25) is 5.91 Å². The number of furan rings is 1. The summed E-state index contributed by atoms with van der Waals surface area (Å²) < 4.78 is 5.56. The summed E-state index contributed by atoms with van der Waals surface area (Å²) in [5, 5.41) is 2.93. The second-order valence-corrected chi connectivity index (χ2v) is 6.10. The van der Waals surface area contributed by atoms with Crippen LogP contribution in [-0.2, 0) is 4.79 Å². The summed E-state index contributed by atoms with van der Waals surface area (Å²) in [5.41, 5.74) is 1.56. The second kappa shape index (κ2) is 6.99. The number of carbonyl (C=O) groups excluding carboxylic acids is 2. The van der Waals surface area contributed by atoms with Gasteiger partial charge < -0.3 is 14.6 Å². The molecule has 0 saturated carbocycles. The third-order valence-corrected chi connectivity index (χ3v) is 4.40. The fourth-order valence-corrected chi connectivity index (χ4v) is 3.03. The zero-order valence-corrected chi connectivity index (χ0v) is 14.0. The van der Waals surface area contributed by atoms with E-state index in [1.165, 1.54) is 0 Å². The summed E-state index contributed by atoms with van der Waals surface area (Å²) in [4.78, 5) is 26.7. The van der Waals surface area contributed by atoms with E-state index in [9.17, 15) is 9.59 Å². The molecule has 5 nitrogen and oxygen atoms in total. The van der Waals surface area contributed by atoms with E-state index in [-0.39, 0.29) is 17.7 Å². The number of amides is 2. The molecule has 1 N–H and O–H groups in total. The third-order valence-electron chi connectivity index (χ3n) is 4.40. The standard InChI is InChI=1S/C17H26N2O3/c1-5-8-18-16(20)14-7-6-9-19(10-14)17(21)15-11(2)12(3)22-13(15)4/h14H,5-10H2,1-4H3,(H,18,20)/t14-/m1/s1. The molecule has 0 spiro atoms. The van der Waals surface area contributed by atoms with Gasteiger partial charge in [0.15, 0.2) is 0 Å². The fraction of sp³-hybridized carbons (Fsp3) is 0.647. The Hall–Kier alpha value is -1.78. The highest BCUT2D eigenvalue weighted by atomic mass is 16.3. The highest BCUT2D eigenvalue weighted by molar-refractivity contribution is 5.97. The van der Waals surface area contributed by atoms with Gasteiger partial charge in [0.25, 0.3) is 5.91 Å². The van der Waals surface area contributed by atoms with Gasteiger partial charge in [-0.3, -0.25) is 9.59 Å². The summed E-state index contributed by atoms with van der Waals surface area (Å²) >= 11 is 0. The molecule has 0 bridgehead atoms. The summed E-state index contributed by atoms with van der Waals surface area (Å²) in [5.74, 6) is 1.40. The van der Waals surface area contributed by atoms with Gasteiger partial charge in [0.05, 0.1) is 11.5 Å². The van der Waals surface area contributed by atoms with Crippen molar-refractivity contribution < 1.29 is 14.0 Å². The Bertz CT molecular complexity index is 562. The van der Waals surface area contributed by atoms with E-state index in [0.29, 0.717) is 31.0 Å². The molecule has 5 heteroatoms. The zero-order chi connectivity index (χ0) is 16.3. The maximum absolute atomic E-state index is 12.8. The minimum atomic E-state index is -0.0992. The molecule has 2 heterocycles. The van der Waals surface area contributed by atoms with Gasteiger partial charge in [0.1, 0.15) is 11.5 Å². The van der Waals surface area contributed by atoms with Gasteiger partial charge in [0, 0.05) is 25.2 Å². The highest BCUT2D eigenvalue weighted by Gasteiger charge is 2.31. The van der Waals surface area contributed by atoms with E-state index >= 15 is 0 Å². The first-order valence-corrected chi connectivity index (χ1v) is 8.09. The highest BCUT2D eigenvalue weighted by Crippen LogP contribution is 2.25. The summed E-state index contributed by atoms with van der Waals surface area (Å²) in [7, 11) is 0. The average molecular weight is 306 g/mol. The smallest absolute Gasteiger partial charge is 0.257 e. The number of nitrogens with one attached hydrogen (secondary N) is 1. The van der Waals surface area contributed by atoms with Gasteiger partial charge in [-0.1, -0.05) is 6.92 Å². The molecule has 1 aromatic rings. The van der Waals surface area contributed by atoms with Gasteiger partial charge in [-0.05, 0) is 40.0 Å². The van der Waals surface area contributed by atoms with Crippen molar-refractivity contribution >= 4 is 11.8 Å². The van der Waals surface area contributed by atoms with Crippen molar-refractivity contribution in [2.45, 2.75) is 47.0 Å². The van der Waals surface area contributed by atoms with Crippen LogP contribution in [0.1, 0.15) is 53.6 Å². The SMILES string of the molecule is CCCNC(=O)[C@@H]1CCCN(C(=O)c2c(C)oc(C)c2C)C1. The van der Waals surface area contributed by atoms with Crippen molar-refractivity contribution in [2.75, 3.05) is 19.6 Å². The lowest BCUT2D eigenvalue weighted by molar-refractivity contribution is -0.126. The first-order valence-electron chi connectivity index (χ1n) is 8.09. The number of nitrogens with zero attached hydrogens (tertiary/aromatic N) is 1. The van der Waals surface area contributed by atoms with Crippen LogP contribution in [0.3, 0.4) is 0 Å². The predicted octanol–water partition coefficient (Wildman–Crippen LogP) is 2.58. The van der Waals surface area contributed by atoms with Crippen molar-refractivity contribution in [3.8, 4) is 0 Å². The van der Waals surface area contributed by atoms with Crippen molar-refractivity contribution in [1.29, 1.82) is 0 Å². The Morgan fingerprint density at radius 3 is 2.59 bits per heavy atom. The number of likely N-dealkylation sites (tertiary alicyclic amines) is 1. The van der Waals surface area contributed by atoms with Crippen LogP contribution in [0.5, 0.6) is 0 Å². The van der Waals surface area contributed by atoms with E-state index in [0.717, 1.165) is 30.6 Å². The van der Waals surface area contributed by atoms with Crippen LogP contribution in [0, 0.1) is 26.7 Å². The van der Waals surface area contributed by atoms with E-state index in [4.69, 9.17) is 4.42 Å². The lowest BCUT2D eigenvalue weighted by Gasteiger charge is -2.32. The number of hydrogen-bond acceptors (Lipinski definition) is 3. The largest absolute Gasteiger partial charge is 0.466 e. The van der Waals surface area contributed by atoms with Crippen molar-refractivity contribution in [2.24, 2.45) is 5.92 Å². The topological polar surface area (TPSA) is 62.6 Å². The van der Waals surface area contributed by atoms with Gasteiger partial charge in [-0.2, -0.15) is 0 Å². The summed E-state index contributed by atoms with van der Waals surface area (Å²) in [6, 6.07) is 0. The van der Waals surface area contributed by atoms with Crippen LogP contribution in [-0.4, -0.2) is 36.3 Å². The van der Waals surface area contributed by atoms with Crippen LogP contribution >= 0.6 is 0 Å². The minimum Gasteiger partial charge on any atom is -0.466 e. The Morgan fingerprint density at radius 1 is 1.27 bits per heavy atom. The van der Waals surface area contributed by atoms with E-state index < -0.39 is 0 Å². The predicted molar refractivity (Wildman–Crippen MR) is 84.8 cm³/mol. The molecule has 2 amide bonds. The van der Waals surface area contributed by atoms with Gasteiger partial charge in [-0.15, -0.1) is 0 Å². The molecular weight excluding hydrogens is 280 g/mol. The molecule has 1 saturated heterocycles. The average Bonchev–Trinajstić information content (AvgIpc) is 2.77. The van der Waals surface area contributed by atoms with E-state index in [2.05, 4.69) is 5.32 Å². The Balaban J connectivity index is 2.08. The van der Waals surface area contributed by atoms with Crippen LogP contribution in [0.25, 0.3) is 0 Å². The molecule has 1 aromatic heterocycles. The van der Waals surface area contributed by atoms with E-state index in [1.807, 2.05) is 27.7 Å².